The first kappa shape index (κ1) is 55.2. The molecule has 4 heterocycles. The Hall–Kier alpha value is -4.13. The predicted molar refractivity (Wildman–Crippen MR) is 261 cm³/mol. The SMILES string of the molecule is CCC1/C=C(\C)CC(C)CC(OC)C2OC(O)(C(=O)C(=O)N3CCCCC3C(=O)OC(C(C)=CC3CCC(OCc4nc(CO)c(-c5ccccc5)[nH]4)C(OC)C3)C(C)C(O)CC1=O)C(C)CC2OC. The lowest BCUT2D eigenvalue weighted by Gasteiger charge is -2.47. The van der Waals surface area contributed by atoms with Gasteiger partial charge in [0.05, 0.1) is 48.5 Å². The van der Waals surface area contributed by atoms with Gasteiger partial charge in [0.2, 0.25) is 5.79 Å². The summed E-state index contributed by atoms with van der Waals surface area (Å²) >= 11 is 0. The van der Waals surface area contributed by atoms with Gasteiger partial charge in [-0.3, -0.25) is 14.4 Å². The number of carbonyl (C=O) groups is 4. The molecule has 1 aromatic carbocycles. The molecule has 0 spiro atoms. The molecule has 70 heavy (non-hydrogen) atoms. The van der Waals surface area contributed by atoms with Gasteiger partial charge in [-0.05, 0) is 101 Å². The molecule has 1 saturated carbocycles. The van der Waals surface area contributed by atoms with Gasteiger partial charge in [0, 0.05) is 52.0 Å². The number of allylic oxidation sites excluding steroid dienone is 3. The molecule has 0 radical (unpaired) electrons. The van der Waals surface area contributed by atoms with Crippen molar-refractivity contribution in [2.75, 3.05) is 27.9 Å². The van der Waals surface area contributed by atoms with E-state index >= 15 is 0 Å². The summed E-state index contributed by atoms with van der Waals surface area (Å²) in [6.07, 6.45) is 4.09. The van der Waals surface area contributed by atoms with Crippen LogP contribution >= 0.6 is 0 Å². The van der Waals surface area contributed by atoms with Crippen LogP contribution in [-0.2, 0) is 60.8 Å². The summed E-state index contributed by atoms with van der Waals surface area (Å²) in [7, 11) is 4.71. The number of hydrogen-bond donors (Lipinski definition) is 4. The van der Waals surface area contributed by atoms with E-state index in [1.54, 1.807) is 21.0 Å². The monoisotopic (exact) mass is 978 g/mol. The maximum Gasteiger partial charge on any atom is 0.329 e. The standard InChI is InChI=1S/C54H79N3O13/c1-10-37-23-31(2)22-32(3)24-45(66-8)50-46(67-9)26-34(5)54(64,70-50)51(61)52(62)57-21-15-14-18-40(57)53(63)69-49(35(6)41(59)28-42(37)60)33(4)25-36-19-20-43(44(27-36)65-7)68-30-47-55-39(29-58)48(56-47)38-16-12-11-13-17-38/h11-13,16-17,23,25,32,34-37,40-41,43-46,49-50,58-59,64H,10,14-15,18-22,24,26-30H2,1-9H3,(H,55,56)/b31-23+,33-25?. The van der Waals surface area contributed by atoms with E-state index < -0.39 is 77.8 Å². The number of rotatable bonds is 11. The highest BCUT2D eigenvalue weighted by molar-refractivity contribution is 6.39. The number of fused-ring (bicyclic) bond motifs is 3. The largest absolute Gasteiger partial charge is 0.456 e. The van der Waals surface area contributed by atoms with Crippen molar-refractivity contribution in [3.63, 3.8) is 0 Å². The first-order valence-electron chi connectivity index (χ1n) is 25.4. The number of benzene rings is 1. The number of H-pyrrole nitrogens is 1. The number of cyclic esters (lactones) is 1. The molecular weight excluding hydrogens is 899 g/mol. The molecule has 14 atom stereocenters. The fourth-order valence-corrected chi connectivity index (χ4v) is 11.2. The second-order valence-corrected chi connectivity index (χ2v) is 20.5. The van der Waals surface area contributed by atoms with Crippen molar-refractivity contribution in [2.45, 2.75) is 180 Å². The average Bonchev–Trinajstić information content (AvgIpc) is 3.79. The number of carbonyl (C=O) groups excluding carboxylic acids is 4. The second-order valence-electron chi connectivity index (χ2n) is 20.5. The molecule has 3 fully saturated rings. The summed E-state index contributed by atoms with van der Waals surface area (Å²) in [5.41, 5.74) is 3.84. The quantitative estimate of drug-likeness (QED) is 0.106. The Morgan fingerprint density at radius 3 is 2.30 bits per heavy atom. The van der Waals surface area contributed by atoms with E-state index in [9.17, 15) is 34.5 Å². The number of aliphatic hydroxyl groups is 3. The minimum Gasteiger partial charge on any atom is -0.456 e. The van der Waals surface area contributed by atoms with Gasteiger partial charge in [-0.15, -0.1) is 0 Å². The molecule has 2 bridgehead atoms. The molecule has 4 aliphatic rings. The smallest absolute Gasteiger partial charge is 0.329 e. The van der Waals surface area contributed by atoms with Crippen molar-refractivity contribution < 1.29 is 62.9 Å². The van der Waals surface area contributed by atoms with Gasteiger partial charge in [0.15, 0.2) is 0 Å². The molecule has 2 aromatic rings. The van der Waals surface area contributed by atoms with Crippen LogP contribution in [0.5, 0.6) is 0 Å². The van der Waals surface area contributed by atoms with Gasteiger partial charge in [0.1, 0.15) is 36.5 Å². The lowest BCUT2D eigenvalue weighted by molar-refractivity contribution is -0.302. The number of ether oxygens (including phenoxy) is 6. The molecule has 16 heteroatoms. The number of ketones is 2. The zero-order chi connectivity index (χ0) is 50.9. The van der Waals surface area contributed by atoms with Crippen molar-refractivity contribution in [3.8, 4) is 11.3 Å². The van der Waals surface area contributed by atoms with Crippen molar-refractivity contribution in [1.29, 1.82) is 0 Å². The number of nitrogens with zero attached hydrogens (tertiary/aromatic N) is 2. The Kier molecular flexibility index (Phi) is 19.7. The van der Waals surface area contributed by atoms with Crippen LogP contribution in [0.25, 0.3) is 11.3 Å². The molecule has 3 aliphatic heterocycles. The minimum absolute atomic E-state index is 0.0188. The topological polar surface area (TPSA) is 216 Å². The Bertz CT molecular complexity index is 2140. The third-order valence-electron chi connectivity index (χ3n) is 15.3. The molecule has 1 aromatic heterocycles. The highest BCUT2D eigenvalue weighted by atomic mass is 16.7. The van der Waals surface area contributed by atoms with Crippen LogP contribution in [0, 0.1) is 29.6 Å². The van der Waals surface area contributed by atoms with Crippen LogP contribution in [0.4, 0.5) is 0 Å². The molecule has 388 valence electrons. The van der Waals surface area contributed by atoms with E-state index in [2.05, 4.69) is 16.9 Å². The van der Waals surface area contributed by atoms with E-state index in [1.165, 1.54) is 19.1 Å². The fraction of sp³-hybridized carbons (Fsp3) is 0.685. The number of amides is 1. The Balaban J connectivity index is 1.27. The van der Waals surface area contributed by atoms with Crippen LogP contribution in [-0.4, -0.2) is 136 Å². The lowest BCUT2D eigenvalue weighted by atomic mass is 9.81. The highest BCUT2D eigenvalue weighted by Crippen LogP contribution is 2.40. The van der Waals surface area contributed by atoms with Gasteiger partial charge in [-0.25, -0.2) is 9.78 Å². The lowest BCUT2D eigenvalue weighted by Crippen LogP contribution is -2.64. The molecular formula is C54H79N3O13. The van der Waals surface area contributed by atoms with Gasteiger partial charge >= 0.3 is 5.97 Å². The van der Waals surface area contributed by atoms with Crippen LogP contribution in [0.2, 0.25) is 0 Å². The number of hydrogen-bond acceptors (Lipinski definition) is 14. The summed E-state index contributed by atoms with van der Waals surface area (Å²) in [6, 6.07) is 8.51. The van der Waals surface area contributed by atoms with Gasteiger partial charge in [-0.1, -0.05) is 75.8 Å². The molecule has 4 N–H and O–H groups in total. The number of aromatic nitrogens is 2. The van der Waals surface area contributed by atoms with Crippen molar-refractivity contribution in [3.05, 3.63) is 65.1 Å². The van der Waals surface area contributed by atoms with Crippen LogP contribution < -0.4 is 0 Å². The number of nitrogens with one attached hydrogen (secondary N) is 1. The summed E-state index contributed by atoms with van der Waals surface area (Å²) in [4.78, 5) is 66.5. The van der Waals surface area contributed by atoms with Gasteiger partial charge < -0.3 is 53.6 Å². The summed E-state index contributed by atoms with van der Waals surface area (Å²) < 4.78 is 36.9. The van der Waals surface area contributed by atoms with Gasteiger partial charge in [-0.2, -0.15) is 0 Å². The van der Waals surface area contributed by atoms with Crippen molar-refractivity contribution >= 4 is 23.4 Å². The Morgan fingerprint density at radius 1 is 0.929 bits per heavy atom. The maximum absolute atomic E-state index is 14.6. The number of methoxy groups -OCH3 is 3. The number of Topliss-reactive ketones (excluding diaryl/α,β-unsaturated/α-hetero) is 2. The molecule has 16 nitrogen and oxygen atoms in total. The van der Waals surface area contributed by atoms with E-state index in [0.717, 1.165) is 16.8 Å². The second kappa shape index (κ2) is 25.0. The average molecular weight is 978 g/mol. The van der Waals surface area contributed by atoms with Gasteiger partial charge in [0.25, 0.3) is 11.7 Å². The van der Waals surface area contributed by atoms with Crippen molar-refractivity contribution in [1.82, 2.24) is 14.9 Å². The van der Waals surface area contributed by atoms with Crippen LogP contribution in [0.15, 0.2) is 53.6 Å². The molecule has 14 unspecified atom stereocenters. The zero-order valence-electron chi connectivity index (χ0n) is 42.8. The van der Waals surface area contributed by atoms with E-state index in [-0.39, 0.29) is 68.8 Å². The fourth-order valence-electron chi connectivity index (χ4n) is 11.2. The molecule has 6 rings (SSSR count). The van der Waals surface area contributed by atoms with E-state index in [1.807, 2.05) is 63.3 Å². The normalized spacial score (nSPS) is 35.6. The summed E-state index contributed by atoms with van der Waals surface area (Å²) in [5.74, 6) is -7.09. The molecule has 2 saturated heterocycles. The number of aromatic amines is 1. The van der Waals surface area contributed by atoms with Crippen LogP contribution in [0.1, 0.15) is 124 Å². The summed E-state index contributed by atoms with van der Waals surface area (Å²) in [6.45, 7) is 11.3. The first-order chi connectivity index (χ1) is 33.5. The molecule has 1 aliphatic carbocycles. The number of aliphatic hydroxyl groups excluding tert-OH is 2. The highest BCUT2D eigenvalue weighted by Gasteiger charge is 2.56. The summed E-state index contributed by atoms with van der Waals surface area (Å²) in [5, 5.41) is 34.1. The zero-order valence-corrected chi connectivity index (χ0v) is 42.8. The van der Waals surface area contributed by atoms with E-state index in [0.29, 0.717) is 68.5 Å². The Morgan fingerprint density at radius 2 is 1.63 bits per heavy atom. The predicted octanol–water partition coefficient (Wildman–Crippen LogP) is 6.58. The third-order valence-corrected chi connectivity index (χ3v) is 15.3. The number of esters is 1. The first-order valence-corrected chi connectivity index (χ1v) is 25.4. The molecule has 1 amide bonds. The maximum atomic E-state index is 14.6. The third kappa shape index (κ3) is 12.9. The Labute approximate surface area is 413 Å². The number of piperidine rings is 1. The van der Waals surface area contributed by atoms with Crippen LogP contribution in [0.3, 0.4) is 0 Å². The van der Waals surface area contributed by atoms with E-state index in [4.69, 9.17) is 28.4 Å². The minimum atomic E-state index is -2.52. The van der Waals surface area contributed by atoms with Crippen molar-refractivity contribution in [2.24, 2.45) is 29.6 Å². The number of imidazole rings is 1.